The summed E-state index contributed by atoms with van der Waals surface area (Å²) in [5.41, 5.74) is 2.00. The smallest absolute Gasteiger partial charge is 0.316 e. The van der Waals surface area contributed by atoms with Crippen LogP contribution < -0.4 is 10.1 Å². The molecule has 152 valence electrons. The van der Waals surface area contributed by atoms with Crippen molar-refractivity contribution in [2.75, 3.05) is 0 Å². The third-order valence-corrected chi connectivity index (χ3v) is 5.16. The van der Waals surface area contributed by atoms with Gasteiger partial charge in [0.1, 0.15) is 5.75 Å². The lowest BCUT2D eigenvalue weighted by atomic mass is 9.93. The number of aldehydes is 1. The van der Waals surface area contributed by atoms with E-state index in [-0.39, 0.29) is 17.1 Å². The van der Waals surface area contributed by atoms with Gasteiger partial charge in [0.2, 0.25) is 0 Å². The lowest BCUT2D eigenvalue weighted by Gasteiger charge is -2.17. The number of nitrogens with zero attached hydrogens (tertiary/aromatic N) is 1. The van der Waals surface area contributed by atoms with Crippen LogP contribution in [0.2, 0.25) is 0 Å². The summed E-state index contributed by atoms with van der Waals surface area (Å²) in [6, 6.07) is 10.2. The summed E-state index contributed by atoms with van der Waals surface area (Å²) in [4.78, 5) is 48.7. The molecule has 0 saturated heterocycles. The first kappa shape index (κ1) is 19.6. The fraction of sp³-hybridized carbons (Fsp3) is 0.217. The molecular weight excluding hydrogens is 384 g/mol. The van der Waals surface area contributed by atoms with Crippen LogP contribution in [0.25, 0.3) is 22.0 Å². The molecule has 1 aliphatic heterocycles. The minimum absolute atomic E-state index is 0.244. The van der Waals surface area contributed by atoms with Crippen LogP contribution in [0.3, 0.4) is 0 Å². The maximum absolute atomic E-state index is 12.6. The fourth-order valence-corrected chi connectivity index (χ4v) is 3.52. The highest BCUT2D eigenvalue weighted by Gasteiger charge is 2.33. The van der Waals surface area contributed by atoms with Crippen molar-refractivity contribution in [3.05, 3.63) is 53.2 Å². The zero-order valence-corrected chi connectivity index (χ0v) is 17.0. The molecule has 0 spiro atoms. The Bertz CT molecular complexity index is 1260. The number of amides is 2. The molecule has 0 radical (unpaired) electrons. The molecule has 0 aliphatic carbocycles. The average Bonchev–Trinajstić information content (AvgIpc) is 3.17. The lowest BCUT2D eigenvalue weighted by Crippen LogP contribution is -2.25. The Labute approximate surface area is 172 Å². The van der Waals surface area contributed by atoms with Crippen molar-refractivity contribution in [2.24, 2.45) is 12.5 Å². The predicted molar refractivity (Wildman–Crippen MR) is 111 cm³/mol. The third kappa shape index (κ3) is 2.99. The Morgan fingerprint density at radius 3 is 2.43 bits per heavy atom. The second-order valence-electron chi connectivity index (χ2n) is 8.30. The number of carbonyl (C=O) groups is 4. The lowest BCUT2D eigenvalue weighted by molar-refractivity contribution is -0.143. The summed E-state index contributed by atoms with van der Waals surface area (Å²) in [6.07, 6.45) is 0.702. The van der Waals surface area contributed by atoms with Crippen LogP contribution in [0.1, 0.15) is 52.0 Å². The first-order valence-corrected chi connectivity index (χ1v) is 9.42. The van der Waals surface area contributed by atoms with Gasteiger partial charge in [-0.3, -0.25) is 24.5 Å². The Morgan fingerprint density at radius 1 is 1.07 bits per heavy atom. The molecule has 2 heterocycles. The summed E-state index contributed by atoms with van der Waals surface area (Å²) >= 11 is 0. The first-order chi connectivity index (χ1) is 14.1. The van der Waals surface area contributed by atoms with E-state index >= 15 is 0 Å². The molecule has 7 heteroatoms. The molecule has 1 aromatic heterocycles. The third-order valence-electron chi connectivity index (χ3n) is 5.16. The minimum atomic E-state index is -0.670. The molecule has 4 rings (SSSR count). The predicted octanol–water partition coefficient (Wildman–Crippen LogP) is 3.49. The quantitative estimate of drug-likeness (QED) is 0.312. The number of benzene rings is 2. The van der Waals surface area contributed by atoms with Gasteiger partial charge < -0.3 is 9.30 Å². The summed E-state index contributed by atoms with van der Waals surface area (Å²) in [5, 5.41) is 2.88. The molecule has 3 aromatic rings. The minimum Gasteiger partial charge on any atom is -0.426 e. The van der Waals surface area contributed by atoms with Crippen LogP contribution in [0.15, 0.2) is 36.4 Å². The van der Waals surface area contributed by atoms with E-state index in [4.69, 9.17) is 4.74 Å². The number of imide groups is 1. The number of ether oxygens (including phenoxy) is 1. The van der Waals surface area contributed by atoms with E-state index in [9.17, 15) is 19.2 Å². The van der Waals surface area contributed by atoms with E-state index in [1.165, 1.54) is 0 Å². The molecule has 30 heavy (non-hydrogen) atoms. The highest BCUT2D eigenvalue weighted by molar-refractivity contribution is 6.29. The van der Waals surface area contributed by atoms with Crippen molar-refractivity contribution < 1.29 is 23.9 Å². The van der Waals surface area contributed by atoms with Gasteiger partial charge in [0.25, 0.3) is 11.8 Å². The zero-order valence-electron chi connectivity index (χ0n) is 17.0. The van der Waals surface area contributed by atoms with Gasteiger partial charge in [0.05, 0.1) is 22.2 Å². The summed E-state index contributed by atoms with van der Waals surface area (Å²) in [6.45, 7) is 5.28. The SMILES string of the molecule is Cn1c(C=O)cc2c3c(c(-c4cccc(OC(=O)C(C)(C)C)c4)cc21)C(=O)NC3=O. The molecule has 0 unspecified atom stereocenters. The van der Waals surface area contributed by atoms with Crippen molar-refractivity contribution in [2.45, 2.75) is 20.8 Å². The van der Waals surface area contributed by atoms with Gasteiger partial charge in [0.15, 0.2) is 6.29 Å². The Hall–Kier alpha value is -3.74. The van der Waals surface area contributed by atoms with Gasteiger partial charge in [0, 0.05) is 18.0 Å². The van der Waals surface area contributed by atoms with Crippen LogP contribution >= 0.6 is 0 Å². The van der Waals surface area contributed by atoms with Crippen molar-refractivity contribution in [3.8, 4) is 16.9 Å². The molecule has 1 aliphatic rings. The summed E-state index contributed by atoms with van der Waals surface area (Å²) in [5.74, 6) is -1.04. The number of esters is 1. The van der Waals surface area contributed by atoms with Gasteiger partial charge in [-0.15, -0.1) is 0 Å². The highest BCUT2D eigenvalue weighted by atomic mass is 16.5. The Kier molecular flexibility index (Phi) is 4.34. The van der Waals surface area contributed by atoms with Crippen molar-refractivity contribution in [3.63, 3.8) is 0 Å². The van der Waals surface area contributed by atoms with Crippen LogP contribution in [0.4, 0.5) is 0 Å². The summed E-state index contributed by atoms with van der Waals surface area (Å²) < 4.78 is 7.16. The van der Waals surface area contributed by atoms with Gasteiger partial charge in [-0.05, 0) is 56.2 Å². The standard InChI is InChI=1S/C23H20N2O5/c1-23(2,3)22(29)30-14-7-5-6-12(8-14)15-10-17-16(9-13(11-26)25(17)4)19-18(15)20(27)24-21(19)28/h5-11H,1-4H3,(H,24,27,28). The number of aryl methyl sites for hydroxylation is 1. The highest BCUT2D eigenvalue weighted by Crippen LogP contribution is 2.37. The Morgan fingerprint density at radius 2 is 1.77 bits per heavy atom. The molecule has 1 N–H and O–H groups in total. The monoisotopic (exact) mass is 404 g/mol. The number of aromatic nitrogens is 1. The molecule has 2 aromatic carbocycles. The molecule has 0 bridgehead atoms. The second kappa shape index (κ2) is 6.66. The number of nitrogens with one attached hydrogen (secondary N) is 1. The topological polar surface area (TPSA) is 94.5 Å². The molecule has 2 amide bonds. The molecule has 0 saturated carbocycles. The van der Waals surface area contributed by atoms with E-state index < -0.39 is 17.2 Å². The van der Waals surface area contributed by atoms with Gasteiger partial charge in [-0.1, -0.05) is 12.1 Å². The molecule has 0 fully saturated rings. The number of carbonyl (C=O) groups excluding carboxylic acids is 4. The zero-order chi connectivity index (χ0) is 21.8. The van der Waals surface area contributed by atoms with Crippen LogP contribution in [-0.2, 0) is 11.8 Å². The normalized spacial score (nSPS) is 13.3. The van der Waals surface area contributed by atoms with Gasteiger partial charge in [-0.25, -0.2) is 0 Å². The second-order valence-corrected chi connectivity index (χ2v) is 8.30. The maximum atomic E-state index is 12.6. The average molecular weight is 404 g/mol. The largest absolute Gasteiger partial charge is 0.426 e. The van der Waals surface area contributed by atoms with Crippen molar-refractivity contribution in [1.29, 1.82) is 0 Å². The van der Waals surface area contributed by atoms with E-state index in [0.717, 1.165) is 0 Å². The van der Waals surface area contributed by atoms with E-state index in [2.05, 4.69) is 5.32 Å². The fourth-order valence-electron chi connectivity index (χ4n) is 3.52. The number of hydrogen-bond donors (Lipinski definition) is 1. The van der Waals surface area contributed by atoms with E-state index in [1.807, 2.05) is 0 Å². The Balaban J connectivity index is 1.93. The molecule has 0 atom stereocenters. The summed E-state index contributed by atoms with van der Waals surface area (Å²) in [7, 11) is 1.72. The molecule has 7 nitrogen and oxygen atoms in total. The van der Waals surface area contributed by atoms with Crippen LogP contribution in [0.5, 0.6) is 5.75 Å². The first-order valence-electron chi connectivity index (χ1n) is 9.42. The van der Waals surface area contributed by atoms with E-state index in [1.54, 1.807) is 68.8 Å². The number of rotatable bonds is 3. The van der Waals surface area contributed by atoms with Crippen molar-refractivity contribution >= 4 is 35.0 Å². The van der Waals surface area contributed by atoms with Gasteiger partial charge in [-0.2, -0.15) is 0 Å². The maximum Gasteiger partial charge on any atom is 0.316 e. The van der Waals surface area contributed by atoms with Crippen LogP contribution in [0, 0.1) is 5.41 Å². The molecular formula is C23H20N2O5. The van der Waals surface area contributed by atoms with Gasteiger partial charge >= 0.3 is 5.97 Å². The van der Waals surface area contributed by atoms with E-state index in [0.29, 0.717) is 39.8 Å². The van der Waals surface area contributed by atoms with Crippen molar-refractivity contribution in [1.82, 2.24) is 9.88 Å². The van der Waals surface area contributed by atoms with Crippen LogP contribution in [-0.4, -0.2) is 28.6 Å². The number of fused-ring (bicyclic) bond motifs is 3. The number of hydrogen-bond acceptors (Lipinski definition) is 5.